The predicted octanol–water partition coefficient (Wildman–Crippen LogP) is 2.15. The summed E-state index contributed by atoms with van der Waals surface area (Å²) in [6.45, 7) is 4.20. The van der Waals surface area contributed by atoms with E-state index in [-0.39, 0.29) is 5.78 Å². The molecule has 3 heterocycles. The lowest BCUT2D eigenvalue weighted by Gasteiger charge is -2.34. The fraction of sp³-hybridized carbons (Fsp3) is 0.333. The van der Waals surface area contributed by atoms with Crippen molar-refractivity contribution >= 4 is 22.9 Å². The Balaban J connectivity index is 1.53. The lowest BCUT2D eigenvalue weighted by atomic mass is 10.2. The molecule has 1 aliphatic rings. The van der Waals surface area contributed by atoms with Crippen LogP contribution in [0.25, 0.3) is 0 Å². The highest BCUT2D eigenvalue weighted by Crippen LogP contribution is 2.14. The van der Waals surface area contributed by atoms with Crippen molar-refractivity contribution in [3.8, 4) is 0 Å². The van der Waals surface area contributed by atoms with E-state index in [0.717, 1.165) is 36.9 Å². The minimum atomic E-state index is 0.228. The van der Waals surface area contributed by atoms with Gasteiger partial charge in [-0.3, -0.25) is 9.69 Å². The van der Waals surface area contributed by atoms with E-state index < -0.39 is 0 Å². The van der Waals surface area contributed by atoms with Gasteiger partial charge in [0.2, 0.25) is 0 Å². The first kappa shape index (κ1) is 13.3. The molecule has 3 rings (SSSR count). The zero-order valence-corrected chi connectivity index (χ0v) is 12.1. The molecule has 20 heavy (non-hydrogen) atoms. The number of ketones is 1. The Morgan fingerprint density at radius 2 is 2.00 bits per heavy atom. The van der Waals surface area contributed by atoms with Crippen molar-refractivity contribution < 1.29 is 4.79 Å². The summed E-state index contributed by atoms with van der Waals surface area (Å²) < 4.78 is 0. The summed E-state index contributed by atoms with van der Waals surface area (Å²) in [6, 6.07) is 9.80. The van der Waals surface area contributed by atoms with Crippen LogP contribution in [0.3, 0.4) is 0 Å². The molecule has 0 spiro atoms. The van der Waals surface area contributed by atoms with Gasteiger partial charge in [0, 0.05) is 32.4 Å². The Hall–Kier alpha value is -1.72. The maximum absolute atomic E-state index is 12.1. The van der Waals surface area contributed by atoms with Gasteiger partial charge in [-0.2, -0.15) is 0 Å². The molecule has 1 saturated heterocycles. The van der Waals surface area contributed by atoms with Crippen molar-refractivity contribution in [2.75, 3.05) is 37.6 Å². The topological polar surface area (TPSA) is 36.4 Å². The second-order valence-corrected chi connectivity index (χ2v) is 5.80. The van der Waals surface area contributed by atoms with Crippen LogP contribution in [0.4, 0.5) is 5.82 Å². The van der Waals surface area contributed by atoms with E-state index in [1.165, 1.54) is 11.3 Å². The number of piperazine rings is 1. The molecule has 2 aromatic rings. The predicted molar refractivity (Wildman–Crippen MR) is 81.5 cm³/mol. The Morgan fingerprint density at radius 3 is 2.65 bits per heavy atom. The van der Waals surface area contributed by atoms with Gasteiger partial charge in [0.1, 0.15) is 5.82 Å². The van der Waals surface area contributed by atoms with E-state index in [2.05, 4.69) is 14.8 Å². The van der Waals surface area contributed by atoms with Crippen molar-refractivity contribution in [3.63, 3.8) is 0 Å². The third kappa shape index (κ3) is 3.05. The summed E-state index contributed by atoms with van der Waals surface area (Å²) in [6.07, 6.45) is 1.82. The molecular weight excluding hydrogens is 270 g/mol. The second-order valence-electron chi connectivity index (χ2n) is 4.85. The molecule has 0 bridgehead atoms. The number of rotatable bonds is 4. The van der Waals surface area contributed by atoms with Crippen LogP contribution in [0.5, 0.6) is 0 Å². The van der Waals surface area contributed by atoms with E-state index in [9.17, 15) is 4.79 Å². The first-order valence-electron chi connectivity index (χ1n) is 6.78. The summed E-state index contributed by atoms with van der Waals surface area (Å²) in [7, 11) is 0. The average Bonchev–Trinajstić information content (AvgIpc) is 3.03. The van der Waals surface area contributed by atoms with Gasteiger partial charge in [0.25, 0.3) is 0 Å². The summed E-state index contributed by atoms with van der Waals surface area (Å²) in [4.78, 5) is 21.8. The quantitative estimate of drug-likeness (QED) is 0.807. The molecule has 0 atom stereocenters. The monoisotopic (exact) mass is 287 g/mol. The Bertz CT molecular complexity index is 548. The minimum absolute atomic E-state index is 0.228. The van der Waals surface area contributed by atoms with Crippen LogP contribution < -0.4 is 4.90 Å². The number of anilines is 1. The summed E-state index contributed by atoms with van der Waals surface area (Å²) >= 11 is 1.52. The van der Waals surface area contributed by atoms with Gasteiger partial charge in [-0.25, -0.2) is 4.98 Å². The SMILES string of the molecule is O=C(CN1CCN(c2ccccn2)CC1)c1cccs1. The van der Waals surface area contributed by atoms with Crippen LogP contribution in [0.1, 0.15) is 9.67 Å². The Labute approximate surface area is 122 Å². The number of carbonyl (C=O) groups excluding carboxylic acids is 1. The highest BCUT2D eigenvalue weighted by molar-refractivity contribution is 7.12. The van der Waals surface area contributed by atoms with Crippen LogP contribution in [0.2, 0.25) is 0 Å². The molecule has 1 aliphatic heterocycles. The van der Waals surface area contributed by atoms with Gasteiger partial charge in [0.15, 0.2) is 5.78 Å². The third-order valence-electron chi connectivity index (χ3n) is 3.51. The molecule has 0 aromatic carbocycles. The number of hydrogen-bond donors (Lipinski definition) is 0. The molecule has 2 aromatic heterocycles. The zero-order chi connectivity index (χ0) is 13.8. The molecule has 0 aliphatic carbocycles. The lowest BCUT2D eigenvalue weighted by Crippen LogP contribution is -2.48. The third-order valence-corrected chi connectivity index (χ3v) is 4.42. The van der Waals surface area contributed by atoms with E-state index in [0.29, 0.717) is 6.54 Å². The average molecular weight is 287 g/mol. The van der Waals surface area contributed by atoms with Gasteiger partial charge in [-0.1, -0.05) is 12.1 Å². The molecule has 0 radical (unpaired) electrons. The minimum Gasteiger partial charge on any atom is -0.354 e. The number of pyridine rings is 1. The fourth-order valence-corrected chi connectivity index (χ4v) is 3.05. The van der Waals surface area contributed by atoms with Crippen molar-refractivity contribution in [2.45, 2.75) is 0 Å². The maximum Gasteiger partial charge on any atom is 0.186 e. The van der Waals surface area contributed by atoms with Crippen molar-refractivity contribution in [2.24, 2.45) is 0 Å². The van der Waals surface area contributed by atoms with Crippen LogP contribution in [-0.2, 0) is 0 Å². The second kappa shape index (κ2) is 6.15. The van der Waals surface area contributed by atoms with E-state index in [4.69, 9.17) is 0 Å². The van der Waals surface area contributed by atoms with Gasteiger partial charge in [-0.15, -0.1) is 11.3 Å². The van der Waals surface area contributed by atoms with Crippen molar-refractivity contribution in [1.29, 1.82) is 0 Å². The number of nitrogens with zero attached hydrogens (tertiary/aromatic N) is 3. The molecule has 0 saturated carbocycles. The summed E-state index contributed by atoms with van der Waals surface area (Å²) in [5.41, 5.74) is 0. The molecule has 0 amide bonds. The van der Waals surface area contributed by atoms with Gasteiger partial charge >= 0.3 is 0 Å². The Morgan fingerprint density at radius 1 is 1.15 bits per heavy atom. The van der Waals surface area contributed by atoms with Crippen LogP contribution >= 0.6 is 11.3 Å². The lowest BCUT2D eigenvalue weighted by molar-refractivity contribution is 0.0930. The standard InChI is InChI=1S/C15H17N3OS/c19-13(14-4-3-11-20-14)12-17-7-9-18(10-8-17)15-5-1-2-6-16-15/h1-6,11H,7-10,12H2. The summed E-state index contributed by atoms with van der Waals surface area (Å²) in [5.74, 6) is 1.25. The fourth-order valence-electron chi connectivity index (χ4n) is 2.39. The van der Waals surface area contributed by atoms with Crippen LogP contribution in [0.15, 0.2) is 41.9 Å². The van der Waals surface area contributed by atoms with Crippen molar-refractivity contribution in [1.82, 2.24) is 9.88 Å². The molecular formula is C15H17N3OS. The van der Waals surface area contributed by atoms with Gasteiger partial charge in [-0.05, 0) is 23.6 Å². The Kier molecular flexibility index (Phi) is 4.08. The molecule has 0 unspecified atom stereocenters. The zero-order valence-electron chi connectivity index (χ0n) is 11.2. The number of Topliss-reactive ketones (excluding diaryl/α,β-unsaturated/α-hetero) is 1. The highest BCUT2D eigenvalue weighted by atomic mass is 32.1. The number of hydrogen-bond acceptors (Lipinski definition) is 5. The van der Waals surface area contributed by atoms with E-state index >= 15 is 0 Å². The normalized spacial score (nSPS) is 16.3. The molecule has 1 fully saturated rings. The number of thiophene rings is 1. The van der Waals surface area contributed by atoms with E-state index in [1.807, 2.05) is 41.9 Å². The van der Waals surface area contributed by atoms with Crippen molar-refractivity contribution in [3.05, 3.63) is 46.8 Å². The van der Waals surface area contributed by atoms with E-state index in [1.54, 1.807) is 0 Å². The number of aromatic nitrogens is 1. The smallest absolute Gasteiger partial charge is 0.186 e. The summed E-state index contributed by atoms with van der Waals surface area (Å²) in [5, 5.41) is 1.95. The van der Waals surface area contributed by atoms with Crippen LogP contribution in [0, 0.1) is 0 Å². The molecule has 5 heteroatoms. The largest absolute Gasteiger partial charge is 0.354 e. The molecule has 0 N–H and O–H groups in total. The molecule has 104 valence electrons. The maximum atomic E-state index is 12.1. The highest BCUT2D eigenvalue weighted by Gasteiger charge is 2.20. The first-order valence-corrected chi connectivity index (χ1v) is 7.66. The first-order chi connectivity index (χ1) is 9.83. The van der Waals surface area contributed by atoms with Gasteiger partial charge in [0.05, 0.1) is 11.4 Å². The molecule has 4 nitrogen and oxygen atoms in total. The van der Waals surface area contributed by atoms with Gasteiger partial charge < -0.3 is 4.90 Å². The number of carbonyl (C=O) groups is 1. The van der Waals surface area contributed by atoms with Crippen LogP contribution in [-0.4, -0.2) is 48.4 Å².